The van der Waals surface area contributed by atoms with Crippen molar-refractivity contribution in [2.24, 2.45) is 5.72 Å². The van der Waals surface area contributed by atoms with Gasteiger partial charge in [-0.05, 0) is 12.1 Å². The predicted molar refractivity (Wildman–Crippen MR) is 36.6 cm³/mol. The van der Waals surface area contributed by atoms with Crippen molar-refractivity contribution in [1.29, 1.82) is 1.43 Å². The fourth-order valence-electron chi connectivity index (χ4n) is 0.643. The third-order valence-corrected chi connectivity index (χ3v) is 1.12. The molecule has 0 spiro atoms. The molecule has 0 saturated heterocycles. The number of hydrogen-bond acceptors (Lipinski definition) is 2. The number of benzene rings is 1. The molecule has 0 heterocycles. The Morgan fingerprint density at radius 3 is 3.20 bits per heavy atom. The van der Waals surface area contributed by atoms with Crippen LogP contribution in [0, 0.1) is 0 Å². The molecule has 1 amide bonds. The number of hydrogen-bond donors (Lipinski definition) is 2. The van der Waals surface area contributed by atoms with Gasteiger partial charge in [0.25, 0.3) is 7.34 Å². The van der Waals surface area contributed by atoms with Crippen LogP contribution in [0.4, 0.5) is 0 Å². The molecule has 0 aliphatic heterocycles. The molecular weight excluding hydrogens is 130 g/mol. The third-order valence-electron chi connectivity index (χ3n) is 1.12. The summed E-state index contributed by atoms with van der Waals surface area (Å²) >= 11 is 0. The number of para-hydroxylation sites is 1. The fourth-order valence-corrected chi connectivity index (χ4v) is 0.643. The lowest BCUT2D eigenvalue weighted by atomic mass is 10.2. The maximum atomic E-state index is 11.1. The van der Waals surface area contributed by atoms with Crippen LogP contribution in [0.3, 0.4) is 0 Å². The highest BCUT2D eigenvalue weighted by Gasteiger charge is 2.03. The van der Waals surface area contributed by atoms with Gasteiger partial charge in [-0.3, -0.25) is 4.79 Å². The Kier molecular flexibility index (Phi) is 0.862. The molecule has 3 nitrogen and oxygen atoms in total. The van der Waals surface area contributed by atoms with Gasteiger partial charge in [-0.15, -0.1) is 0 Å². The summed E-state index contributed by atoms with van der Waals surface area (Å²) < 4.78 is 20.1. The number of carbonyl (C=O) groups is 1. The maximum Gasteiger partial charge on any atom is 0.293 e. The average Bonchev–Trinajstić information content (AvgIpc) is 2.16. The lowest BCUT2D eigenvalue weighted by Gasteiger charge is -1.96. The van der Waals surface area contributed by atoms with E-state index >= 15 is 0 Å². The lowest BCUT2D eigenvalue weighted by molar-refractivity contribution is 0.0998. The highest BCUT2D eigenvalue weighted by atomic mass is 16.3. The summed E-state index contributed by atoms with van der Waals surface area (Å²) in [6, 6.07) is 5.98. The number of primary amides is 1. The lowest BCUT2D eigenvalue weighted by Crippen LogP contribution is -2.10. The third kappa shape index (κ3) is 1.07. The summed E-state index contributed by atoms with van der Waals surface area (Å²) in [6.45, 7) is 0. The van der Waals surface area contributed by atoms with Crippen LogP contribution in [-0.4, -0.2) is 12.4 Å². The van der Waals surface area contributed by atoms with Crippen molar-refractivity contribution in [2.45, 2.75) is 0 Å². The van der Waals surface area contributed by atoms with Gasteiger partial charge in [-0.2, -0.15) is 0 Å². The largest absolute Gasteiger partial charge is 0.507 e. The zero-order chi connectivity index (χ0) is 9.84. The molecule has 3 N–H and O–H groups in total. The van der Waals surface area contributed by atoms with E-state index in [4.69, 9.17) is 4.25 Å². The summed E-state index contributed by atoms with van der Waals surface area (Å²) in [4.78, 5) is 11.1. The van der Waals surface area contributed by atoms with Gasteiger partial charge in [0.2, 0.25) is 0 Å². The van der Waals surface area contributed by atoms with E-state index < -0.39 is 5.91 Å². The number of nitrogens with two attached hydrogens (primary N) is 1. The minimum absolute atomic E-state index is 0.0301. The molecule has 0 fully saturated rings. The van der Waals surface area contributed by atoms with Crippen LogP contribution in [0.15, 0.2) is 24.3 Å². The van der Waals surface area contributed by atoms with Crippen molar-refractivity contribution >= 4 is 5.91 Å². The molecule has 0 unspecified atom stereocenters. The van der Waals surface area contributed by atoms with Crippen molar-refractivity contribution in [1.82, 2.24) is 0 Å². The molecule has 0 aliphatic carbocycles. The zero-order valence-corrected chi connectivity index (χ0v) is 5.07. The van der Waals surface area contributed by atoms with Gasteiger partial charge in [0.1, 0.15) is 5.75 Å². The summed E-state index contributed by atoms with van der Waals surface area (Å²) in [6.07, 6.45) is 0. The van der Waals surface area contributed by atoms with Crippen LogP contribution < -0.4 is 5.72 Å². The van der Waals surface area contributed by atoms with Gasteiger partial charge >= 0.3 is 0 Å². The quantitative estimate of drug-likeness (QED) is 0.628. The SMILES string of the molecule is [2H]Oc1ccccc1C(=O)N([2H])[2H]. The molecule has 3 heteroatoms. The maximum absolute atomic E-state index is 11.1. The molecule has 10 heavy (non-hydrogen) atoms. The average molecular weight is 140 g/mol. The Balaban J connectivity index is 3.06. The summed E-state index contributed by atoms with van der Waals surface area (Å²) in [5.74, 6) is -0.792. The minimum atomic E-state index is -0.831. The van der Waals surface area contributed by atoms with Crippen LogP contribution in [0.1, 0.15) is 10.4 Å². The Bertz CT molecular complexity index is 316. The number of carbonyl (C=O) groups excluding carboxylic acids is 1. The van der Waals surface area contributed by atoms with Crippen LogP contribution in [0.25, 0.3) is 0 Å². The number of phenols is 1. The normalized spacial score (nSPS) is 12.6. The second-order valence-corrected chi connectivity index (χ2v) is 1.80. The first-order valence-electron chi connectivity index (χ1n) is 4.01. The Morgan fingerprint density at radius 1 is 1.70 bits per heavy atom. The predicted octanol–water partition coefficient (Wildman–Crippen LogP) is 0.491. The molecule has 0 radical (unpaired) electrons. The van der Waals surface area contributed by atoms with Gasteiger partial charge in [0.05, 0.1) is 5.56 Å². The van der Waals surface area contributed by atoms with Crippen molar-refractivity contribution in [3.63, 3.8) is 0 Å². The highest BCUT2D eigenvalue weighted by molar-refractivity contribution is 5.95. The smallest absolute Gasteiger partial charge is 0.293 e. The van der Waals surface area contributed by atoms with E-state index in [9.17, 15) is 4.79 Å². The molecule has 0 aliphatic rings. The van der Waals surface area contributed by atoms with Gasteiger partial charge in [0, 0.05) is 0 Å². The van der Waals surface area contributed by atoms with E-state index in [2.05, 4.69) is 5.11 Å². The molecule has 1 aromatic carbocycles. The minimum Gasteiger partial charge on any atom is -0.507 e. The second-order valence-electron chi connectivity index (χ2n) is 1.80. The van der Waals surface area contributed by atoms with Crippen LogP contribution in [-0.2, 0) is 0 Å². The van der Waals surface area contributed by atoms with E-state index in [0.717, 1.165) is 0 Å². The van der Waals surface area contributed by atoms with Crippen molar-refractivity contribution in [3.05, 3.63) is 29.8 Å². The second kappa shape index (κ2) is 2.39. The van der Waals surface area contributed by atoms with E-state index in [1.165, 1.54) is 12.1 Å². The Hall–Kier alpha value is -1.51. The molecule has 1 aromatic rings. The van der Waals surface area contributed by atoms with E-state index in [1.54, 1.807) is 12.1 Å². The zero-order valence-electron chi connectivity index (χ0n) is 8.07. The molecule has 0 aromatic heterocycles. The van der Waals surface area contributed by atoms with Gasteiger partial charge in [-0.25, -0.2) is 0 Å². The highest BCUT2D eigenvalue weighted by Crippen LogP contribution is 2.13. The first-order valence-corrected chi connectivity index (χ1v) is 2.71. The molecule has 0 saturated carbocycles. The molecule has 0 atom stereocenters. The molecule has 52 valence electrons. The number of rotatable bonds is 2. The number of amides is 1. The monoisotopic (exact) mass is 140 g/mol. The first-order chi connectivity index (χ1) is 6.16. The van der Waals surface area contributed by atoms with Gasteiger partial charge < -0.3 is 10.8 Å². The fraction of sp³-hybridized carbons (Fsp3) is 0. The van der Waals surface area contributed by atoms with Crippen molar-refractivity contribution < 1.29 is 12.7 Å². The topological polar surface area (TPSA) is 63.3 Å². The molecule has 0 bridgehead atoms. The summed E-state index contributed by atoms with van der Waals surface area (Å²) in [7, 11) is 0. The molecule has 1 rings (SSSR count). The van der Waals surface area contributed by atoms with Gasteiger partial charge in [0.15, 0.2) is 2.82 Å². The first kappa shape index (κ1) is 3.61. The van der Waals surface area contributed by atoms with E-state index in [-0.39, 0.29) is 17.0 Å². The summed E-state index contributed by atoms with van der Waals surface area (Å²) in [5, 5.41) is 4.15. The summed E-state index contributed by atoms with van der Waals surface area (Å²) in [5.41, 5.74) is -0.0276. The molecular formula is C7H7NO2. The van der Waals surface area contributed by atoms with E-state index in [1.807, 2.05) is 0 Å². The Morgan fingerprint density at radius 2 is 2.50 bits per heavy atom. The van der Waals surface area contributed by atoms with Crippen LogP contribution >= 0.6 is 0 Å². The van der Waals surface area contributed by atoms with Crippen molar-refractivity contribution in [3.8, 4) is 5.75 Å². The standard InChI is InChI=1S/C7H7NO2/c8-7(10)5-3-1-2-4-6(5)9/h1-4,9H,(H2,8,10)/i/hD3. The van der Waals surface area contributed by atoms with Gasteiger partial charge in [-0.1, -0.05) is 12.1 Å². The number of aromatic hydroxyl groups is 1. The van der Waals surface area contributed by atoms with E-state index in [0.29, 0.717) is 0 Å². The van der Waals surface area contributed by atoms with Crippen LogP contribution in [0.5, 0.6) is 5.75 Å². The Labute approximate surface area is 62.5 Å². The van der Waals surface area contributed by atoms with Crippen LogP contribution in [0.2, 0.25) is 2.82 Å². The van der Waals surface area contributed by atoms with Crippen molar-refractivity contribution in [2.75, 3.05) is 0 Å².